The Balaban J connectivity index is 1.82. The Morgan fingerprint density at radius 3 is 2.52 bits per heavy atom. The molecule has 4 N–H and O–H groups in total. The summed E-state index contributed by atoms with van der Waals surface area (Å²) in [5.74, 6) is -0.621. The molecule has 0 bridgehead atoms. The van der Waals surface area contributed by atoms with E-state index < -0.39 is 21.6 Å². The highest BCUT2D eigenvalue weighted by Gasteiger charge is 2.42. The fourth-order valence-corrected chi connectivity index (χ4v) is 4.67. The lowest BCUT2D eigenvalue weighted by molar-refractivity contribution is -0.119. The molecule has 0 atom stereocenters. The molecule has 10 heteroatoms. The van der Waals surface area contributed by atoms with Gasteiger partial charge in [-0.15, -0.1) is 0 Å². The van der Waals surface area contributed by atoms with Gasteiger partial charge in [0.25, 0.3) is 5.91 Å². The van der Waals surface area contributed by atoms with Crippen LogP contribution < -0.4 is 21.1 Å². The van der Waals surface area contributed by atoms with Crippen LogP contribution in [0, 0.1) is 0 Å². The van der Waals surface area contributed by atoms with Gasteiger partial charge in [0.2, 0.25) is 15.9 Å². The lowest BCUT2D eigenvalue weighted by Crippen LogP contribution is -2.57. The summed E-state index contributed by atoms with van der Waals surface area (Å²) in [6, 6.07) is 4.04. The van der Waals surface area contributed by atoms with E-state index in [1.807, 2.05) is 0 Å². The number of rotatable bonds is 4. The molecular weight excluding hydrogens is 348 g/mol. The van der Waals surface area contributed by atoms with E-state index >= 15 is 0 Å². The van der Waals surface area contributed by atoms with E-state index in [1.54, 1.807) is 0 Å². The number of piperidine rings is 1. The van der Waals surface area contributed by atoms with Gasteiger partial charge in [0.15, 0.2) is 0 Å². The van der Waals surface area contributed by atoms with E-state index in [2.05, 4.69) is 10.6 Å². The molecule has 1 spiro atoms. The summed E-state index contributed by atoms with van der Waals surface area (Å²) in [6.45, 7) is 0.758. The minimum atomic E-state index is -3.77. The molecule has 2 saturated heterocycles. The molecule has 0 unspecified atom stereocenters. The minimum absolute atomic E-state index is 0.0125. The van der Waals surface area contributed by atoms with Crippen LogP contribution in [0.4, 0.5) is 0 Å². The first-order valence-corrected chi connectivity index (χ1v) is 9.25. The highest BCUT2D eigenvalue weighted by Crippen LogP contribution is 2.29. The molecule has 2 aliphatic rings. The quantitative estimate of drug-likeness (QED) is 0.624. The first-order chi connectivity index (χ1) is 11.8. The summed E-state index contributed by atoms with van der Waals surface area (Å²) in [5.41, 5.74) is 4.79. The van der Waals surface area contributed by atoms with Gasteiger partial charge in [-0.2, -0.15) is 4.31 Å². The number of sulfonamides is 1. The zero-order chi connectivity index (χ0) is 18.2. The van der Waals surface area contributed by atoms with E-state index in [1.165, 1.54) is 29.6 Å². The molecule has 2 aliphatic heterocycles. The maximum atomic E-state index is 12.9. The lowest BCUT2D eigenvalue weighted by atomic mass is 9.99. The number of hydrogen-bond acceptors (Lipinski definition) is 6. The van der Waals surface area contributed by atoms with Crippen molar-refractivity contribution in [2.45, 2.75) is 23.4 Å². The van der Waals surface area contributed by atoms with Crippen molar-refractivity contribution < 1.29 is 22.7 Å². The van der Waals surface area contributed by atoms with Crippen LogP contribution in [-0.2, 0) is 14.8 Å². The lowest BCUT2D eigenvalue weighted by Gasteiger charge is -2.38. The molecule has 0 aliphatic carbocycles. The Morgan fingerprint density at radius 1 is 1.32 bits per heavy atom. The number of amides is 2. The Labute approximate surface area is 145 Å². The van der Waals surface area contributed by atoms with Crippen LogP contribution in [0.1, 0.15) is 23.2 Å². The predicted molar refractivity (Wildman–Crippen MR) is 88.4 cm³/mol. The van der Waals surface area contributed by atoms with Crippen molar-refractivity contribution in [2.24, 2.45) is 5.73 Å². The molecule has 136 valence electrons. The highest BCUT2D eigenvalue weighted by atomic mass is 32.2. The number of benzene rings is 1. The summed E-state index contributed by atoms with van der Waals surface area (Å²) in [7, 11) is -2.40. The second-order valence-electron chi connectivity index (χ2n) is 6.11. The molecule has 3 rings (SSSR count). The third-order valence-electron chi connectivity index (χ3n) is 4.62. The van der Waals surface area contributed by atoms with E-state index in [0.29, 0.717) is 12.8 Å². The normalized spacial score (nSPS) is 20.4. The summed E-state index contributed by atoms with van der Waals surface area (Å²) in [6.07, 6.45) is 0.938. The van der Waals surface area contributed by atoms with Gasteiger partial charge < -0.3 is 15.8 Å². The molecule has 25 heavy (non-hydrogen) atoms. The molecular formula is C15H20N4O5S. The molecule has 0 radical (unpaired) electrons. The Morgan fingerprint density at radius 2 is 2.00 bits per heavy atom. The fraction of sp³-hybridized carbons (Fsp3) is 0.467. The number of nitrogens with one attached hydrogen (secondary N) is 2. The van der Waals surface area contributed by atoms with Gasteiger partial charge in [0, 0.05) is 13.1 Å². The molecule has 0 saturated carbocycles. The second kappa shape index (κ2) is 6.28. The first kappa shape index (κ1) is 17.6. The van der Waals surface area contributed by atoms with E-state index in [4.69, 9.17) is 10.5 Å². The average Bonchev–Trinajstić information content (AvgIpc) is 2.94. The molecule has 2 amide bonds. The third-order valence-corrected chi connectivity index (χ3v) is 6.51. The van der Waals surface area contributed by atoms with Gasteiger partial charge in [-0.25, -0.2) is 8.42 Å². The minimum Gasteiger partial charge on any atom is -0.496 e. The maximum absolute atomic E-state index is 12.9. The van der Waals surface area contributed by atoms with Crippen molar-refractivity contribution in [3.63, 3.8) is 0 Å². The summed E-state index contributed by atoms with van der Waals surface area (Å²) < 4.78 is 32.1. The Bertz CT molecular complexity index is 815. The van der Waals surface area contributed by atoms with Crippen LogP contribution in [0.15, 0.2) is 23.1 Å². The Hall–Kier alpha value is -2.17. The topological polar surface area (TPSA) is 131 Å². The summed E-state index contributed by atoms with van der Waals surface area (Å²) in [5, 5.41) is 5.98. The fourth-order valence-electron chi connectivity index (χ4n) is 3.20. The number of ether oxygens (including phenoxy) is 1. The molecule has 2 fully saturated rings. The van der Waals surface area contributed by atoms with Crippen molar-refractivity contribution >= 4 is 21.8 Å². The number of hydrogen-bond donors (Lipinski definition) is 3. The maximum Gasteiger partial charge on any atom is 0.252 e. The number of nitrogens with two attached hydrogens (primary N) is 1. The smallest absolute Gasteiger partial charge is 0.252 e. The van der Waals surface area contributed by atoms with Gasteiger partial charge in [-0.1, -0.05) is 0 Å². The number of carbonyl (C=O) groups is 2. The zero-order valence-electron chi connectivity index (χ0n) is 13.7. The number of nitrogens with zero attached hydrogens (tertiary/aromatic N) is 1. The Kier molecular flexibility index (Phi) is 4.43. The molecule has 1 aromatic carbocycles. The predicted octanol–water partition coefficient (Wildman–Crippen LogP) is -1.01. The van der Waals surface area contributed by atoms with Gasteiger partial charge in [0.1, 0.15) is 5.75 Å². The second-order valence-corrected chi connectivity index (χ2v) is 8.05. The van der Waals surface area contributed by atoms with Gasteiger partial charge in [-0.3, -0.25) is 14.9 Å². The monoisotopic (exact) mass is 368 g/mol. The van der Waals surface area contributed by atoms with Gasteiger partial charge in [-0.05, 0) is 31.0 Å². The van der Waals surface area contributed by atoms with Crippen LogP contribution in [0.5, 0.6) is 5.75 Å². The molecule has 2 heterocycles. The van der Waals surface area contributed by atoms with Crippen LogP contribution in [0.25, 0.3) is 0 Å². The van der Waals surface area contributed by atoms with Crippen molar-refractivity contribution in [1.82, 2.24) is 14.9 Å². The van der Waals surface area contributed by atoms with Crippen LogP contribution in [0.3, 0.4) is 0 Å². The average molecular weight is 368 g/mol. The standard InChI is InChI=1S/C15H20N4O5S/c1-24-12-3-2-10(8-11(12)14(16)21)25(22,23)19-6-4-15(5-7-19)17-9-13(20)18-15/h2-3,8,17H,4-7,9H2,1H3,(H2,16,21)(H,18,20). The van der Waals surface area contributed by atoms with Gasteiger partial charge >= 0.3 is 0 Å². The van der Waals surface area contributed by atoms with Gasteiger partial charge in [0.05, 0.1) is 29.8 Å². The number of primary amides is 1. The first-order valence-electron chi connectivity index (χ1n) is 7.81. The van der Waals surface area contributed by atoms with Crippen LogP contribution >= 0.6 is 0 Å². The zero-order valence-corrected chi connectivity index (χ0v) is 14.6. The van der Waals surface area contributed by atoms with Crippen LogP contribution in [0.2, 0.25) is 0 Å². The SMILES string of the molecule is COc1ccc(S(=O)(=O)N2CCC3(CC2)NCC(=O)N3)cc1C(N)=O. The third kappa shape index (κ3) is 3.20. The van der Waals surface area contributed by atoms with Crippen molar-refractivity contribution in [3.05, 3.63) is 23.8 Å². The van der Waals surface area contributed by atoms with Crippen LogP contribution in [-0.4, -0.2) is 56.9 Å². The summed E-state index contributed by atoms with van der Waals surface area (Å²) >= 11 is 0. The molecule has 1 aromatic rings. The van der Waals surface area contributed by atoms with Crippen molar-refractivity contribution in [3.8, 4) is 5.75 Å². The van der Waals surface area contributed by atoms with Crippen molar-refractivity contribution in [2.75, 3.05) is 26.7 Å². The molecule has 9 nitrogen and oxygen atoms in total. The van der Waals surface area contributed by atoms with E-state index in [9.17, 15) is 18.0 Å². The van der Waals surface area contributed by atoms with Crippen molar-refractivity contribution in [1.29, 1.82) is 0 Å². The highest BCUT2D eigenvalue weighted by molar-refractivity contribution is 7.89. The largest absolute Gasteiger partial charge is 0.496 e. The number of methoxy groups -OCH3 is 1. The number of carbonyl (C=O) groups excluding carboxylic acids is 2. The summed E-state index contributed by atoms with van der Waals surface area (Å²) in [4.78, 5) is 22.9. The molecule has 0 aromatic heterocycles. The van der Waals surface area contributed by atoms with E-state index in [0.717, 1.165) is 0 Å². The van der Waals surface area contributed by atoms with E-state index in [-0.39, 0.29) is 41.7 Å².